The summed E-state index contributed by atoms with van der Waals surface area (Å²) in [5.41, 5.74) is 0.337. The molecule has 0 atom stereocenters. The number of aromatic hydroxyl groups is 1. The molecular formula is C16H19FO2. The first-order valence-corrected chi connectivity index (χ1v) is 6.82. The van der Waals surface area contributed by atoms with Gasteiger partial charge >= 0.3 is 0 Å². The normalized spacial score (nSPS) is 33.3. The fourth-order valence-corrected chi connectivity index (χ4v) is 3.02. The van der Waals surface area contributed by atoms with Gasteiger partial charge in [-0.1, -0.05) is 19.1 Å². The Morgan fingerprint density at radius 3 is 2.37 bits per heavy atom. The first-order chi connectivity index (χ1) is 9.01. The minimum absolute atomic E-state index is 0.00398. The molecule has 3 heteroatoms. The Hall–Kier alpha value is -1.35. The van der Waals surface area contributed by atoms with Crippen LogP contribution in [0.1, 0.15) is 38.2 Å². The highest BCUT2D eigenvalue weighted by atomic mass is 19.1. The molecule has 19 heavy (non-hydrogen) atoms. The average Bonchev–Trinajstić information content (AvgIpc) is 2.41. The Balaban J connectivity index is 1.72. The van der Waals surface area contributed by atoms with Crippen molar-refractivity contribution >= 4 is 0 Å². The van der Waals surface area contributed by atoms with E-state index < -0.39 is 5.60 Å². The maximum atomic E-state index is 14.0. The van der Waals surface area contributed by atoms with Crippen LogP contribution in [0.25, 0.3) is 0 Å². The van der Waals surface area contributed by atoms with Gasteiger partial charge in [-0.05, 0) is 49.5 Å². The van der Waals surface area contributed by atoms with Crippen molar-refractivity contribution in [3.63, 3.8) is 0 Å². The first-order valence-electron chi connectivity index (χ1n) is 6.82. The third-order valence-corrected chi connectivity index (χ3v) is 4.63. The highest BCUT2D eigenvalue weighted by Crippen LogP contribution is 2.53. The standard InChI is InChI=1S/C16H19FO2/c1-15-6-8-16(9-7-15,10-14(15)17)19-11-12-2-4-13(18)5-3-12/h2-5,10,18H,6-9,11H2,1H3. The van der Waals surface area contributed by atoms with Crippen molar-refractivity contribution in [3.05, 3.63) is 41.7 Å². The average molecular weight is 262 g/mol. The molecule has 0 radical (unpaired) electrons. The molecule has 0 spiro atoms. The summed E-state index contributed by atoms with van der Waals surface area (Å²) in [6, 6.07) is 6.96. The number of ether oxygens (including phenoxy) is 1. The van der Waals surface area contributed by atoms with Crippen molar-refractivity contribution in [3.8, 4) is 5.75 Å². The zero-order chi connectivity index (χ0) is 13.5. The largest absolute Gasteiger partial charge is 0.508 e. The summed E-state index contributed by atoms with van der Waals surface area (Å²) in [4.78, 5) is 0. The molecule has 1 aromatic rings. The molecule has 0 aromatic heterocycles. The second kappa shape index (κ2) is 4.34. The van der Waals surface area contributed by atoms with E-state index in [0.29, 0.717) is 6.61 Å². The smallest absolute Gasteiger partial charge is 0.115 e. The van der Waals surface area contributed by atoms with E-state index in [-0.39, 0.29) is 17.0 Å². The topological polar surface area (TPSA) is 29.5 Å². The number of phenols is 1. The molecule has 1 N–H and O–H groups in total. The molecule has 1 aromatic carbocycles. The molecule has 3 aliphatic carbocycles. The van der Waals surface area contributed by atoms with Gasteiger partial charge in [-0.15, -0.1) is 0 Å². The number of rotatable bonds is 3. The number of hydrogen-bond acceptors (Lipinski definition) is 2. The minimum atomic E-state index is -0.417. The van der Waals surface area contributed by atoms with Crippen LogP contribution >= 0.6 is 0 Å². The zero-order valence-electron chi connectivity index (χ0n) is 11.2. The van der Waals surface area contributed by atoms with E-state index in [4.69, 9.17) is 4.74 Å². The summed E-state index contributed by atoms with van der Waals surface area (Å²) in [6.45, 7) is 2.46. The monoisotopic (exact) mass is 262 g/mol. The van der Waals surface area contributed by atoms with Gasteiger partial charge in [-0.25, -0.2) is 4.39 Å². The predicted octanol–water partition coefficient (Wildman–Crippen LogP) is 4.09. The quantitative estimate of drug-likeness (QED) is 0.888. The van der Waals surface area contributed by atoms with Crippen LogP contribution < -0.4 is 0 Å². The number of allylic oxidation sites excluding steroid dienone is 1. The second-order valence-electron chi connectivity index (χ2n) is 6.07. The molecule has 3 aliphatic rings. The zero-order valence-corrected chi connectivity index (χ0v) is 11.2. The van der Waals surface area contributed by atoms with Gasteiger partial charge in [0, 0.05) is 5.41 Å². The maximum Gasteiger partial charge on any atom is 0.115 e. The summed E-state index contributed by atoms with van der Waals surface area (Å²) < 4.78 is 20.0. The van der Waals surface area contributed by atoms with E-state index in [0.717, 1.165) is 31.2 Å². The Morgan fingerprint density at radius 2 is 1.79 bits per heavy atom. The van der Waals surface area contributed by atoms with Gasteiger partial charge < -0.3 is 9.84 Å². The molecule has 4 rings (SSSR count). The van der Waals surface area contributed by atoms with Crippen LogP contribution in [0, 0.1) is 5.41 Å². The van der Waals surface area contributed by atoms with Crippen LogP contribution in [0.2, 0.25) is 0 Å². The van der Waals surface area contributed by atoms with E-state index in [9.17, 15) is 9.50 Å². The van der Waals surface area contributed by atoms with Crippen molar-refractivity contribution in [1.29, 1.82) is 0 Å². The summed E-state index contributed by atoms with van der Waals surface area (Å²) in [6.07, 6.45) is 5.22. The van der Waals surface area contributed by atoms with E-state index >= 15 is 0 Å². The van der Waals surface area contributed by atoms with Gasteiger partial charge in [0.15, 0.2) is 0 Å². The van der Waals surface area contributed by atoms with Gasteiger partial charge in [0.2, 0.25) is 0 Å². The Labute approximate surface area is 112 Å². The molecule has 0 heterocycles. The van der Waals surface area contributed by atoms with Crippen LogP contribution in [-0.4, -0.2) is 10.7 Å². The molecular weight excluding hydrogens is 243 g/mol. The molecule has 0 unspecified atom stereocenters. The molecule has 0 aliphatic heterocycles. The molecule has 0 saturated heterocycles. The van der Waals surface area contributed by atoms with Gasteiger partial charge in [0.25, 0.3) is 0 Å². The van der Waals surface area contributed by atoms with Crippen molar-refractivity contribution in [2.75, 3.05) is 0 Å². The maximum absolute atomic E-state index is 14.0. The Bertz CT molecular complexity index is 496. The number of hydrogen-bond donors (Lipinski definition) is 1. The predicted molar refractivity (Wildman–Crippen MR) is 71.4 cm³/mol. The molecule has 0 amide bonds. The summed E-state index contributed by atoms with van der Waals surface area (Å²) >= 11 is 0. The fourth-order valence-electron chi connectivity index (χ4n) is 3.02. The van der Waals surface area contributed by atoms with Crippen LogP contribution in [0.3, 0.4) is 0 Å². The van der Waals surface area contributed by atoms with Crippen LogP contribution in [0.4, 0.5) is 4.39 Å². The summed E-state index contributed by atoms with van der Waals surface area (Å²) in [5, 5.41) is 9.24. The van der Waals surface area contributed by atoms with Crippen LogP contribution in [0.15, 0.2) is 36.2 Å². The highest BCUT2D eigenvalue weighted by Gasteiger charge is 2.48. The van der Waals surface area contributed by atoms with Crippen molar-refractivity contribution in [2.24, 2.45) is 5.41 Å². The highest BCUT2D eigenvalue weighted by molar-refractivity contribution is 5.26. The van der Waals surface area contributed by atoms with Crippen molar-refractivity contribution in [1.82, 2.24) is 0 Å². The van der Waals surface area contributed by atoms with Gasteiger partial charge in [-0.3, -0.25) is 0 Å². The lowest BCUT2D eigenvalue weighted by Gasteiger charge is -2.48. The number of fused-ring (bicyclic) bond motifs is 2. The third-order valence-electron chi connectivity index (χ3n) is 4.63. The molecule has 2 nitrogen and oxygen atoms in total. The molecule has 2 bridgehead atoms. The van der Waals surface area contributed by atoms with Crippen molar-refractivity contribution in [2.45, 2.75) is 44.8 Å². The lowest BCUT2D eigenvalue weighted by atomic mass is 9.63. The van der Waals surface area contributed by atoms with E-state index in [2.05, 4.69) is 0 Å². The lowest BCUT2D eigenvalue weighted by molar-refractivity contribution is -0.0787. The summed E-state index contributed by atoms with van der Waals surface area (Å²) in [7, 11) is 0. The van der Waals surface area contributed by atoms with E-state index in [1.807, 2.05) is 19.1 Å². The van der Waals surface area contributed by atoms with Gasteiger partial charge in [0.05, 0.1) is 12.2 Å². The lowest BCUT2D eigenvalue weighted by Crippen LogP contribution is -2.44. The second-order valence-corrected chi connectivity index (χ2v) is 6.07. The number of halogens is 1. The van der Waals surface area contributed by atoms with Crippen LogP contribution in [-0.2, 0) is 11.3 Å². The van der Waals surface area contributed by atoms with Crippen molar-refractivity contribution < 1.29 is 14.2 Å². The van der Waals surface area contributed by atoms with E-state index in [1.54, 1.807) is 18.2 Å². The van der Waals surface area contributed by atoms with Crippen LogP contribution in [0.5, 0.6) is 5.75 Å². The van der Waals surface area contributed by atoms with Gasteiger partial charge in [0.1, 0.15) is 11.6 Å². The molecule has 102 valence electrons. The number of benzene rings is 1. The Morgan fingerprint density at radius 1 is 1.16 bits per heavy atom. The molecule has 1 fully saturated rings. The molecule has 1 saturated carbocycles. The summed E-state index contributed by atoms with van der Waals surface area (Å²) in [5.74, 6) is 0.245. The Kier molecular flexibility index (Phi) is 2.90. The third kappa shape index (κ3) is 2.27. The minimum Gasteiger partial charge on any atom is -0.508 e. The van der Waals surface area contributed by atoms with E-state index in [1.165, 1.54) is 0 Å². The van der Waals surface area contributed by atoms with Gasteiger partial charge in [-0.2, -0.15) is 0 Å². The fraction of sp³-hybridized carbons (Fsp3) is 0.500. The SMILES string of the molecule is CC12CCC(OCc3ccc(O)cc3)(C=C1F)CC2. The number of phenolic OH excluding ortho intramolecular Hbond substituents is 1. The first kappa shape index (κ1) is 12.7.